The fraction of sp³-hybridized carbons (Fsp3) is 0.150. The van der Waals surface area contributed by atoms with Crippen LogP contribution in [0.25, 0.3) is 22.3 Å². The van der Waals surface area contributed by atoms with Crippen molar-refractivity contribution < 1.29 is 19.4 Å². The Bertz CT molecular complexity index is 1060. The molecule has 4 rings (SSSR count). The van der Waals surface area contributed by atoms with Crippen LogP contribution in [0.2, 0.25) is 0 Å². The molecule has 25 heavy (non-hydrogen) atoms. The third kappa shape index (κ3) is 2.45. The first kappa shape index (κ1) is 15.3. The summed E-state index contributed by atoms with van der Waals surface area (Å²) in [4.78, 5) is 12.5. The Morgan fingerprint density at radius 3 is 2.60 bits per heavy atom. The normalized spacial score (nSPS) is 15.8. The molecule has 5 nitrogen and oxygen atoms in total. The molecule has 2 aromatic carbocycles. The summed E-state index contributed by atoms with van der Waals surface area (Å²) >= 11 is 0. The fourth-order valence-electron chi connectivity index (χ4n) is 3.05. The van der Waals surface area contributed by atoms with E-state index >= 15 is 0 Å². The first-order valence-electron chi connectivity index (χ1n) is 7.88. The predicted octanol–water partition coefficient (Wildman–Crippen LogP) is 3.75. The summed E-state index contributed by atoms with van der Waals surface area (Å²) in [6, 6.07) is 9.31. The third-order valence-corrected chi connectivity index (χ3v) is 4.42. The van der Waals surface area contributed by atoms with Gasteiger partial charge in [-0.3, -0.25) is 4.79 Å². The van der Waals surface area contributed by atoms with Gasteiger partial charge in [-0.1, -0.05) is 6.58 Å². The van der Waals surface area contributed by atoms with Gasteiger partial charge in [0, 0.05) is 29.7 Å². The Hall–Kier alpha value is -3.21. The topological polar surface area (TPSA) is 79.9 Å². The highest BCUT2D eigenvalue weighted by molar-refractivity contribution is 5.88. The van der Waals surface area contributed by atoms with E-state index in [1.54, 1.807) is 18.2 Å². The number of aromatic hydroxyl groups is 2. The van der Waals surface area contributed by atoms with E-state index in [2.05, 4.69) is 6.58 Å². The average molecular weight is 336 g/mol. The maximum atomic E-state index is 12.5. The molecule has 1 aliphatic rings. The van der Waals surface area contributed by atoms with Crippen molar-refractivity contribution in [2.45, 2.75) is 19.4 Å². The largest absolute Gasteiger partial charge is 0.508 e. The minimum absolute atomic E-state index is 0.0951. The molecule has 0 bridgehead atoms. The summed E-state index contributed by atoms with van der Waals surface area (Å²) in [6.07, 6.45) is 0.260. The molecular weight excluding hydrogens is 320 g/mol. The second-order valence-corrected chi connectivity index (χ2v) is 6.25. The van der Waals surface area contributed by atoms with Crippen LogP contribution in [0.3, 0.4) is 0 Å². The molecule has 126 valence electrons. The van der Waals surface area contributed by atoms with Crippen LogP contribution in [-0.4, -0.2) is 16.3 Å². The summed E-state index contributed by atoms with van der Waals surface area (Å²) < 4.78 is 11.6. The van der Waals surface area contributed by atoms with Crippen LogP contribution in [0.4, 0.5) is 0 Å². The van der Waals surface area contributed by atoms with Gasteiger partial charge < -0.3 is 19.4 Å². The van der Waals surface area contributed by atoms with Crippen LogP contribution < -0.4 is 10.2 Å². The molecule has 1 aromatic heterocycles. The molecule has 5 heteroatoms. The van der Waals surface area contributed by atoms with Crippen molar-refractivity contribution in [3.05, 3.63) is 64.3 Å². The van der Waals surface area contributed by atoms with E-state index in [-0.39, 0.29) is 34.0 Å². The molecular formula is C20H16O5. The number of hydrogen-bond donors (Lipinski definition) is 2. The van der Waals surface area contributed by atoms with Crippen molar-refractivity contribution in [3.8, 4) is 28.6 Å². The van der Waals surface area contributed by atoms with E-state index in [1.807, 2.05) is 6.92 Å². The van der Waals surface area contributed by atoms with Crippen molar-refractivity contribution in [1.82, 2.24) is 0 Å². The third-order valence-electron chi connectivity index (χ3n) is 4.42. The van der Waals surface area contributed by atoms with Crippen LogP contribution in [0.5, 0.6) is 17.2 Å². The van der Waals surface area contributed by atoms with Gasteiger partial charge in [0.1, 0.15) is 40.1 Å². The van der Waals surface area contributed by atoms with Gasteiger partial charge in [-0.15, -0.1) is 0 Å². The van der Waals surface area contributed by atoms with Crippen LogP contribution in [0, 0.1) is 0 Å². The molecule has 0 saturated heterocycles. The standard InChI is InChI=1S/C20H16O5/c1-10(2)15-7-13-17(24-15)9-18-19(20(13)23)14(22)8-16(25-18)11-3-5-12(21)6-4-11/h3-6,8-9,15,21,23H,1,7H2,2H3/t15-/m0/s1. The van der Waals surface area contributed by atoms with E-state index in [0.717, 1.165) is 5.57 Å². The van der Waals surface area contributed by atoms with Gasteiger partial charge in [-0.05, 0) is 36.8 Å². The fourth-order valence-corrected chi connectivity index (χ4v) is 3.05. The summed E-state index contributed by atoms with van der Waals surface area (Å²) in [6.45, 7) is 5.75. The lowest BCUT2D eigenvalue weighted by Gasteiger charge is -2.09. The van der Waals surface area contributed by atoms with Gasteiger partial charge in [0.05, 0.1) is 0 Å². The van der Waals surface area contributed by atoms with Crippen LogP contribution in [0.1, 0.15) is 12.5 Å². The first-order valence-corrected chi connectivity index (χ1v) is 7.88. The molecule has 0 saturated carbocycles. The summed E-state index contributed by atoms with van der Waals surface area (Å²) in [5.41, 5.74) is 2.03. The lowest BCUT2D eigenvalue weighted by atomic mass is 10.0. The quantitative estimate of drug-likeness (QED) is 0.697. The SMILES string of the molecule is C=C(C)[C@@H]1Cc2c(cc3oc(-c4ccc(O)cc4)cc(=O)c3c2O)O1. The maximum Gasteiger partial charge on any atom is 0.197 e. The highest BCUT2D eigenvalue weighted by atomic mass is 16.5. The van der Waals surface area contributed by atoms with E-state index in [1.165, 1.54) is 18.2 Å². The summed E-state index contributed by atoms with van der Waals surface area (Å²) in [5, 5.41) is 20.1. The van der Waals surface area contributed by atoms with Gasteiger partial charge in [0.25, 0.3) is 0 Å². The molecule has 0 spiro atoms. The lowest BCUT2D eigenvalue weighted by molar-refractivity contribution is 0.271. The molecule has 0 amide bonds. The molecule has 1 aliphatic heterocycles. The molecule has 2 N–H and O–H groups in total. The zero-order valence-corrected chi connectivity index (χ0v) is 13.6. The second-order valence-electron chi connectivity index (χ2n) is 6.25. The molecule has 0 radical (unpaired) electrons. The molecule has 0 fully saturated rings. The number of phenolic OH excluding ortho intramolecular Hbond substituents is 2. The number of hydrogen-bond acceptors (Lipinski definition) is 5. The highest BCUT2D eigenvalue weighted by Crippen LogP contribution is 2.42. The molecule has 0 aliphatic carbocycles. The Labute approximate surface area is 143 Å². The summed E-state index contributed by atoms with van der Waals surface area (Å²) in [7, 11) is 0. The van der Waals surface area contributed by atoms with Gasteiger partial charge in [0.2, 0.25) is 0 Å². The molecule has 1 atom stereocenters. The van der Waals surface area contributed by atoms with E-state index in [4.69, 9.17) is 9.15 Å². The Balaban J connectivity index is 1.91. The van der Waals surface area contributed by atoms with Crippen molar-refractivity contribution in [2.75, 3.05) is 0 Å². The van der Waals surface area contributed by atoms with Crippen molar-refractivity contribution in [3.63, 3.8) is 0 Å². The van der Waals surface area contributed by atoms with E-state index < -0.39 is 0 Å². The monoisotopic (exact) mass is 336 g/mol. The zero-order chi connectivity index (χ0) is 17.7. The second kappa shape index (κ2) is 5.41. The highest BCUT2D eigenvalue weighted by Gasteiger charge is 2.29. The van der Waals surface area contributed by atoms with Gasteiger partial charge in [-0.25, -0.2) is 0 Å². The number of phenols is 2. The number of benzene rings is 2. The van der Waals surface area contributed by atoms with Crippen molar-refractivity contribution in [1.29, 1.82) is 0 Å². The lowest BCUT2D eigenvalue weighted by Crippen LogP contribution is -2.13. The van der Waals surface area contributed by atoms with Crippen LogP contribution >= 0.6 is 0 Å². The minimum atomic E-state index is -0.330. The Morgan fingerprint density at radius 1 is 1.20 bits per heavy atom. The van der Waals surface area contributed by atoms with Gasteiger partial charge >= 0.3 is 0 Å². The first-order chi connectivity index (χ1) is 11.9. The minimum Gasteiger partial charge on any atom is -0.508 e. The Morgan fingerprint density at radius 2 is 1.92 bits per heavy atom. The van der Waals surface area contributed by atoms with Crippen molar-refractivity contribution in [2.24, 2.45) is 0 Å². The van der Waals surface area contributed by atoms with Crippen LogP contribution in [0.15, 0.2) is 57.8 Å². The van der Waals surface area contributed by atoms with Crippen LogP contribution in [-0.2, 0) is 6.42 Å². The molecule has 2 heterocycles. The molecule has 0 unspecified atom stereocenters. The number of fused-ring (bicyclic) bond motifs is 2. The van der Waals surface area contributed by atoms with E-state index in [0.29, 0.717) is 29.1 Å². The van der Waals surface area contributed by atoms with Gasteiger partial charge in [0.15, 0.2) is 5.43 Å². The Kier molecular flexibility index (Phi) is 3.32. The van der Waals surface area contributed by atoms with Crippen molar-refractivity contribution >= 4 is 11.0 Å². The number of rotatable bonds is 2. The van der Waals surface area contributed by atoms with Gasteiger partial charge in [-0.2, -0.15) is 0 Å². The smallest absolute Gasteiger partial charge is 0.197 e. The zero-order valence-electron chi connectivity index (χ0n) is 13.6. The average Bonchev–Trinajstić information content (AvgIpc) is 3.00. The predicted molar refractivity (Wildman–Crippen MR) is 94.2 cm³/mol. The maximum absolute atomic E-state index is 12.5. The molecule has 3 aromatic rings. The number of ether oxygens (including phenoxy) is 1. The summed E-state index contributed by atoms with van der Waals surface area (Å²) in [5.74, 6) is 0.888. The van der Waals surface area contributed by atoms with E-state index in [9.17, 15) is 15.0 Å².